The number of benzene rings is 2. The van der Waals surface area contributed by atoms with Crippen molar-refractivity contribution in [1.29, 1.82) is 0 Å². The van der Waals surface area contributed by atoms with Crippen LogP contribution in [0.25, 0.3) is 0 Å². The molecule has 6 rings (SSSR count). The van der Waals surface area contributed by atoms with Gasteiger partial charge in [0, 0.05) is 14.1 Å². The molecule has 0 saturated carbocycles. The van der Waals surface area contributed by atoms with E-state index in [0.29, 0.717) is 37.2 Å². The van der Waals surface area contributed by atoms with Gasteiger partial charge in [0.1, 0.15) is 60.7 Å². The van der Waals surface area contributed by atoms with E-state index in [1.807, 2.05) is 88.4 Å². The maximum atomic E-state index is 14.6. The first kappa shape index (κ1) is 66.7. The number of fused-ring (bicyclic) bond motifs is 2. The predicted octanol–water partition coefficient (Wildman–Crippen LogP) is 6.40. The number of hydrogen-bond donors (Lipinski definition) is 4. The number of carbonyl (C=O) groups is 8. The van der Waals surface area contributed by atoms with Crippen molar-refractivity contribution in [2.24, 2.45) is 10.8 Å². The average Bonchev–Trinajstić information content (AvgIpc) is 1.78. The highest BCUT2D eigenvalue weighted by Gasteiger charge is 2.56. The van der Waals surface area contributed by atoms with Crippen LogP contribution in [0.1, 0.15) is 132 Å². The van der Waals surface area contributed by atoms with Gasteiger partial charge in [0.25, 0.3) is 0 Å². The number of rotatable bonds is 18. The minimum atomic E-state index is -0.932. The molecule has 4 aliphatic heterocycles. The molecule has 8 amide bonds. The van der Waals surface area contributed by atoms with Crippen molar-refractivity contribution in [3.05, 3.63) is 71.8 Å². The minimum absolute atomic E-state index is 0.00784. The zero-order chi connectivity index (χ0) is 61.9. The molecule has 4 saturated heterocycles. The Labute approximate surface area is 504 Å². The van der Waals surface area contributed by atoms with Gasteiger partial charge in [-0.15, -0.1) is 23.5 Å². The van der Waals surface area contributed by atoms with E-state index in [0.717, 1.165) is 11.1 Å². The Morgan fingerprint density at radius 3 is 1.29 bits per heavy atom. The molecule has 22 heteroatoms. The highest BCUT2D eigenvalue weighted by molar-refractivity contribution is 8.00. The Morgan fingerprint density at radius 1 is 0.607 bits per heavy atom. The summed E-state index contributed by atoms with van der Waals surface area (Å²) >= 11 is 3.16. The van der Waals surface area contributed by atoms with Crippen molar-refractivity contribution in [3.63, 3.8) is 0 Å². The van der Waals surface area contributed by atoms with Gasteiger partial charge in [-0.1, -0.05) is 100 Å². The van der Waals surface area contributed by atoms with Crippen LogP contribution in [0.15, 0.2) is 60.7 Å². The van der Waals surface area contributed by atoms with Crippen molar-refractivity contribution in [3.8, 4) is 23.7 Å². The Balaban J connectivity index is 1.04. The Kier molecular flexibility index (Phi) is 22.7. The van der Waals surface area contributed by atoms with Crippen molar-refractivity contribution in [2.75, 3.05) is 52.0 Å². The molecule has 10 atom stereocenters. The van der Waals surface area contributed by atoms with Crippen molar-refractivity contribution < 1.29 is 57.3 Å². The molecule has 0 radical (unpaired) electrons. The summed E-state index contributed by atoms with van der Waals surface area (Å²) < 4.78 is 22.9. The number of nitrogens with zero attached hydrogens (tertiary/aromatic N) is 4. The molecule has 20 nitrogen and oxygen atoms in total. The van der Waals surface area contributed by atoms with Crippen molar-refractivity contribution in [1.82, 2.24) is 40.9 Å². The third-order valence-electron chi connectivity index (χ3n) is 15.2. The van der Waals surface area contributed by atoms with Crippen LogP contribution in [0.4, 0.5) is 9.59 Å². The molecule has 4 fully saturated rings. The zero-order valence-electron chi connectivity index (χ0n) is 51.1. The molecule has 0 aliphatic carbocycles. The second-order valence-electron chi connectivity index (χ2n) is 25.1. The third kappa shape index (κ3) is 17.6. The smallest absolute Gasteiger partial charge is 0.410 e. The molecule has 84 heavy (non-hydrogen) atoms. The lowest BCUT2D eigenvalue weighted by atomic mass is 9.83. The van der Waals surface area contributed by atoms with Crippen LogP contribution < -0.4 is 21.3 Å². The molecule has 2 aromatic carbocycles. The first-order chi connectivity index (χ1) is 39.4. The topological polar surface area (TPSA) is 235 Å². The van der Waals surface area contributed by atoms with E-state index in [9.17, 15) is 38.4 Å². The van der Waals surface area contributed by atoms with Crippen LogP contribution in [0.3, 0.4) is 0 Å². The van der Waals surface area contributed by atoms with Gasteiger partial charge in [0.05, 0.1) is 36.0 Å². The maximum Gasteiger partial charge on any atom is 0.410 e. The van der Waals surface area contributed by atoms with Gasteiger partial charge in [0.15, 0.2) is 0 Å². The molecule has 0 aromatic heterocycles. The number of thioether (sulfide) groups is 2. The lowest BCUT2D eigenvalue weighted by Gasteiger charge is -2.35. The number of nitrogens with one attached hydrogen (secondary N) is 4. The summed E-state index contributed by atoms with van der Waals surface area (Å²) in [6, 6.07) is 12.1. The van der Waals surface area contributed by atoms with E-state index >= 15 is 0 Å². The molecular weight excluding hydrogens is 1110 g/mol. The van der Waals surface area contributed by atoms with E-state index in [-0.39, 0.29) is 60.8 Å². The monoisotopic (exact) mass is 1200 g/mol. The van der Waals surface area contributed by atoms with Crippen LogP contribution in [-0.2, 0) is 47.7 Å². The summed E-state index contributed by atoms with van der Waals surface area (Å²) in [5.74, 6) is 10.1. The molecule has 4 heterocycles. The summed E-state index contributed by atoms with van der Waals surface area (Å²) in [6.07, 6.45) is 0.491. The summed E-state index contributed by atoms with van der Waals surface area (Å²) in [7, 11) is 2.94. The van der Waals surface area contributed by atoms with E-state index in [1.165, 1.54) is 23.9 Å². The van der Waals surface area contributed by atoms with Gasteiger partial charge in [-0.3, -0.25) is 38.6 Å². The van der Waals surface area contributed by atoms with Crippen LogP contribution in [0, 0.1) is 34.5 Å². The maximum absolute atomic E-state index is 14.6. The molecule has 0 spiro atoms. The molecule has 0 unspecified atom stereocenters. The number of amides is 8. The first-order valence-electron chi connectivity index (χ1n) is 28.6. The summed E-state index contributed by atoms with van der Waals surface area (Å²) in [4.78, 5) is 116. The SMILES string of the molecule is C[C@@H](C(=O)N[C@H]1CCS[C@H]2CC(C)(C)[C@@H](C(=O)N[C@H](COCC#CC#CCOC[C@@H](NC(=O)[C@H]3N4C(=O)[C@@H](NC(=O)[C@H](C)N(C)C(=O)OC(C)(C)C)CCS[C@H]4CC3(C)C)c3ccccc3)c3ccccc3)N2C1=O)N(C)C(=O)OC(C)(C)C. The molecule has 2 aromatic rings. The highest BCUT2D eigenvalue weighted by Crippen LogP contribution is 2.48. The summed E-state index contributed by atoms with van der Waals surface area (Å²) in [6.45, 7) is 21.5. The fourth-order valence-corrected chi connectivity index (χ4v) is 13.7. The second kappa shape index (κ2) is 28.6. The standard InChI is InChI=1S/C62H86N8O12S2/c1-39(67(13)57(77)81-59(3,4)5)51(71)63-43-29-33-83-47-35-61(9,10)49(69(47)55(43)75)53(73)65-45(41-25-19-17-20-26-41)37-79-31-23-15-16-24-32-80-38-46(42-27-21-18-22-28-42)66-54(74)50-62(11,12)36-48-70(50)56(76)44(30-34-84-48)64-52(72)40(2)68(14)58(78)82-60(6,7)8/h17-22,25-28,39-40,43-50H,29-38H2,1-14H3,(H,63,71)(H,64,72)(H,65,73)(H,66,74)/t39-,40-,43-,44-,45+,46+,47-,48-,49+,50+/m0/s1. The fraction of sp³-hybridized carbons (Fsp3) is 0.613. The van der Waals surface area contributed by atoms with Crippen LogP contribution in [0.5, 0.6) is 0 Å². The zero-order valence-corrected chi connectivity index (χ0v) is 52.8. The van der Waals surface area contributed by atoms with Crippen molar-refractivity contribution in [2.45, 2.75) is 179 Å². The second-order valence-corrected chi connectivity index (χ2v) is 27.7. The number of ether oxygens (including phenoxy) is 4. The molecule has 4 aliphatic rings. The van der Waals surface area contributed by atoms with E-state index in [2.05, 4.69) is 44.9 Å². The van der Waals surface area contributed by atoms with Gasteiger partial charge < -0.3 is 50.0 Å². The van der Waals surface area contributed by atoms with E-state index in [4.69, 9.17) is 18.9 Å². The largest absolute Gasteiger partial charge is 0.444 e. The predicted molar refractivity (Wildman–Crippen MR) is 322 cm³/mol. The highest BCUT2D eigenvalue weighted by atomic mass is 32.2. The number of hydrogen-bond acceptors (Lipinski definition) is 14. The van der Waals surface area contributed by atoms with Crippen LogP contribution >= 0.6 is 23.5 Å². The molecule has 4 N–H and O–H groups in total. The minimum Gasteiger partial charge on any atom is -0.444 e. The summed E-state index contributed by atoms with van der Waals surface area (Å²) in [5.41, 5.74) is -1.19. The van der Waals surface area contributed by atoms with Gasteiger partial charge in [0.2, 0.25) is 35.4 Å². The molecular formula is C62H86N8O12S2. The van der Waals surface area contributed by atoms with E-state index < -0.39 is 94.4 Å². The Bertz CT molecular complexity index is 2630. The molecule has 0 bridgehead atoms. The lowest BCUT2D eigenvalue weighted by Crippen LogP contribution is -2.58. The van der Waals surface area contributed by atoms with Crippen molar-refractivity contribution >= 4 is 71.2 Å². The van der Waals surface area contributed by atoms with E-state index in [1.54, 1.807) is 88.7 Å². The Morgan fingerprint density at radius 2 is 0.952 bits per heavy atom. The first-order valence-corrected chi connectivity index (χ1v) is 30.7. The quantitative estimate of drug-likeness (QED) is 0.0935. The summed E-state index contributed by atoms with van der Waals surface area (Å²) in [5, 5.41) is 11.5. The van der Waals surface area contributed by atoms with Gasteiger partial charge >= 0.3 is 12.2 Å². The van der Waals surface area contributed by atoms with Gasteiger partial charge in [-0.2, -0.15) is 0 Å². The number of carbonyl (C=O) groups excluding carboxylic acids is 8. The van der Waals surface area contributed by atoms with Crippen LogP contribution in [-0.4, -0.2) is 177 Å². The number of likely N-dealkylation sites (N-methyl/N-ethyl adjacent to an activating group) is 2. The lowest BCUT2D eigenvalue weighted by molar-refractivity contribution is -0.144. The normalized spacial score (nSPS) is 23.1. The van der Waals surface area contributed by atoms with Crippen LogP contribution in [0.2, 0.25) is 0 Å². The van der Waals surface area contributed by atoms with Gasteiger partial charge in [-0.25, -0.2) is 9.59 Å². The molecule has 458 valence electrons. The average molecular weight is 1200 g/mol. The van der Waals surface area contributed by atoms with Gasteiger partial charge in [-0.05, 0) is 126 Å². The Hall–Kier alpha value is -6.46. The third-order valence-corrected chi connectivity index (χ3v) is 17.7. The fourth-order valence-electron chi connectivity index (χ4n) is 10.6.